The van der Waals surface area contributed by atoms with Crippen LogP contribution < -0.4 is 5.32 Å². The lowest BCUT2D eigenvalue weighted by atomic mass is 10.1. The van der Waals surface area contributed by atoms with Gasteiger partial charge in [-0.25, -0.2) is 14.4 Å². The van der Waals surface area contributed by atoms with Crippen molar-refractivity contribution in [2.75, 3.05) is 5.32 Å². The Bertz CT molecular complexity index is 743. The normalized spacial score (nSPS) is 10.6. The van der Waals surface area contributed by atoms with Crippen LogP contribution in [0, 0.1) is 19.7 Å². The van der Waals surface area contributed by atoms with Gasteiger partial charge in [-0.1, -0.05) is 0 Å². The summed E-state index contributed by atoms with van der Waals surface area (Å²) in [6.45, 7) is 4.05. The fraction of sp³-hybridized carbons (Fsp3) is 0.125. The summed E-state index contributed by atoms with van der Waals surface area (Å²) in [4.78, 5) is 11.9. The van der Waals surface area contributed by atoms with Gasteiger partial charge in [-0.05, 0) is 49.7 Å². The molecule has 2 N–H and O–H groups in total. The summed E-state index contributed by atoms with van der Waals surface area (Å²) in [7, 11) is 0. The minimum Gasteiger partial charge on any atom is -0.364 e. The van der Waals surface area contributed by atoms with Crippen LogP contribution in [-0.2, 0) is 0 Å². The number of benzene rings is 1. The Morgan fingerprint density at radius 1 is 1.10 bits per heavy atom. The number of H-pyrrole nitrogens is 1. The number of anilines is 2. The molecule has 0 spiro atoms. The van der Waals surface area contributed by atoms with Crippen molar-refractivity contribution in [3.8, 4) is 11.3 Å². The van der Waals surface area contributed by atoms with Gasteiger partial charge in [-0.2, -0.15) is 0 Å². The zero-order valence-corrected chi connectivity index (χ0v) is 11.8. The quantitative estimate of drug-likeness (QED) is 0.764. The monoisotopic (exact) mass is 282 g/mol. The first-order valence-electron chi connectivity index (χ1n) is 6.64. The maximum atomic E-state index is 12.9. The highest BCUT2D eigenvalue weighted by molar-refractivity contribution is 5.67. The predicted octanol–water partition coefficient (Wildman–Crippen LogP) is 3.97. The average Bonchev–Trinajstić information content (AvgIpc) is 2.81. The molecule has 0 fully saturated rings. The van der Waals surface area contributed by atoms with Crippen molar-refractivity contribution >= 4 is 11.6 Å². The Morgan fingerprint density at radius 2 is 1.86 bits per heavy atom. The van der Waals surface area contributed by atoms with Gasteiger partial charge < -0.3 is 10.3 Å². The predicted molar refractivity (Wildman–Crippen MR) is 81.0 cm³/mol. The number of aromatic nitrogens is 3. The van der Waals surface area contributed by atoms with E-state index in [1.54, 1.807) is 18.3 Å². The van der Waals surface area contributed by atoms with Crippen LogP contribution in [0.4, 0.5) is 16.0 Å². The largest absolute Gasteiger partial charge is 0.364 e. The molecule has 5 heteroatoms. The topological polar surface area (TPSA) is 53.6 Å². The Morgan fingerprint density at radius 3 is 2.52 bits per heavy atom. The summed E-state index contributed by atoms with van der Waals surface area (Å²) < 4.78 is 12.9. The van der Waals surface area contributed by atoms with Gasteiger partial charge in [0.25, 0.3) is 0 Å². The number of nitrogens with zero attached hydrogens (tertiary/aromatic N) is 2. The van der Waals surface area contributed by atoms with E-state index in [-0.39, 0.29) is 5.82 Å². The lowest BCUT2D eigenvalue weighted by Gasteiger charge is -2.07. The van der Waals surface area contributed by atoms with E-state index in [0.29, 0.717) is 5.95 Å². The molecular formula is C16H15FN4. The molecular weight excluding hydrogens is 267 g/mol. The molecule has 106 valence electrons. The van der Waals surface area contributed by atoms with E-state index < -0.39 is 0 Å². The number of aromatic amines is 1. The van der Waals surface area contributed by atoms with Crippen molar-refractivity contribution in [2.24, 2.45) is 0 Å². The molecule has 0 atom stereocenters. The van der Waals surface area contributed by atoms with Crippen molar-refractivity contribution < 1.29 is 4.39 Å². The maximum Gasteiger partial charge on any atom is 0.227 e. The second kappa shape index (κ2) is 5.36. The number of hydrogen-bond donors (Lipinski definition) is 2. The maximum absolute atomic E-state index is 12.9. The van der Waals surface area contributed by atoms with Crippen LogP contribution in [0.5, 0.6) is 0 Å². The average molecular weight is 282 g/mol. The number of nitrogens with one attached hydrogen (secondary N) is 2. The standard InChI is InChI=1S/C16H15FN4/c1-10-9-19-11(2)15(10)14-7-8-18-16(21-14)20-13-5-3-12(17)4-6-13/h3-9,19H,1-2H3,(H,18,20,21). The molecule has 2 heterocycles. The van der Waals surface area contributed by atoms with Gasteiger partial charge in [-0.3, -0.25) is 0 Å². The van der Waals surface area contributed by atoms with Gasteiger partial charge in [0.15, 0.2) is 0 Å². The molecule has 0 aliphatic heterocycles. The van der Waals surface area contributed by atoms with E-state index in [1.165, 1.54) is 12.1 Å². The summed E-state index contributed by atoms with van der Waals surface area (Å²) in [6.07, 6.45) is 3.67. The van der Waals surface area contributed by atoms with Crippen LogP contribution in [0.1, 0.15) is 11.3 Å². The molecule has 3 rings (SSSR count). The molecule has 0 saturated carbocycles. The third-order valence-electron chi connectivity index (χ3n) is 3.29. The third-order valence-corrected chi connectivity index (χ3v) is 3.29. The molecule has 0 unspecified atom stereocenters. The van der Waals surface area contributed by atoms with Gasteiger partial charge in [0.05, 0.1) is 5.69 Å². The molecule has 0 saturated heterocycles. The Hall–Kier alpha value is -2.69. The summed E-state index contributed by atoms with van der Waals surface area (Å²) in [6, 6.07) is 7.97. The third kappa shape index (κ3) is 2.76. The first kappa shape index (κ1) is 13.3. The number of aryl methyl sites for hydroxylation is 2. The Kier molecular flexibility index (Phi) is 3.39. The van der Waals surface area contributed by atoms with Crippen molar-refractivity contribution in [3.63, 3.8) is 0 Å². The van der Waals surface area contributed by atoms with Crippen LogP contribution in [0.2, 0.25) is 0 Å². The fourth-order valence-corrected chi connectivity index (χ4v) is 2.27. The molecule has 21 heavy (non-hydrogen) atoms. The summed E-state index contributed by atoms with van der Waals surface area (Å²) in [5.41, 5.74) is 4.89. The number of halogens is 1. The summed E-state index contributed by atoms with van der Waals surface area (Å²) >= 11 is 0. The highest BCUT2D eigenvalue weighted by atomic mass is 19.1. The molecule has 1 aromatic carbocycles. The van der Waals surface area contributed by atoms with Crippen molar-refractivity contribution in [2.45, 2.75) is 13.8 Å². The molecule has 0 aliphatic carbocycles. The Balaban J connectivity index is 1.92. The van der Waals surface area contributed by atoms with E-state index in [9.17, 15) is 4.39 Å². The molecule has 0 radical (unpaired) electrons. The minimum absolute atomic E-state index is 0.270. The lowest BCUT2D eigenvalue weighted by molar-refractivity contribution is 0.628. The second-order valence-electron chi connectivity index (χ2n) is 4.87. The Labute approximate surface area is 122 Å². The van der Waals surface area contributed by atoms with Crippen LogP contribution in [0.3, 0.4) is 0 Å². The van der Waals surface area contributed by atoms with Crippen molar-refractivity contribution in [3.05, 3.63) is 59.8 Å². The minimum atomic E-state index is -0.270. The summed E-state index contributed by atoms with van der Waals surface area (Å²) in [5, 5.41) is 3.07. The zero-order valence-electron chi connectivity index (χ0n) is 11.8. The molecule has 3 aromatic rings. The van der Waals surface area contributed by atoms with Gasteiger partial charge in [0, 0.05) is 29.3 Å². The van der Waals surface area contributed by atoms with Crippen molar-refractivity contribution in [1.29, 1.82) is 0 Å². The van der Waals surface area contributed by atoms with Crippen LogP contribution in [0.25, 0.3) is 11.3 Å². The summed E-state index contributed by atoms with van der Waals surface area (Å²) in [5.74, 6) is 0.216. The van der Waals surface area contributed by atoms with Crippen LogP contribution in [0.15, 0.2) is 42.7 Å². The van der Waals surface area contributed by atoms with Crippen LogP contribution >= 0.6 is 0 Å². The van der Waals surface area contributed by atoms with Gasteiger partial charge in [-0.15, -0.1) is 0 Å². The van der Waals surface area contributed by atoms with Gasteiger partial charge >= 0.3 is 0 Å². The fourth-order valence-electron chi connectivity index (χ4n) is 2.27. The molecule has 0 bridgehead atoms. The smallest absolute Gasteiger partial charge is 0.227 e. The van der Waals surface area contributed by atoms with E-state index in [1.807, 2.05) is 26.1 Å². The van der Waals surface area contributed by atoms with Crippen LogP contribution in [-0.4, -0.2) is 15.0 Å². The van der Waals surface area contributed by atoms with E-state index in [0.717, 1.165) is 28.2 Å². The van der Waals surface area contributed by atoms with Crippen molar-refractivity contribution in [1.82, 2.24) is 15.0 Å². The number of hydrogen-bond acceptors (Lipinski definition) is 3. The van der Waals surface area contributed by atoms with E-state index >= 15 is 0 Å². The number of rotatable bonds is 3. The first-order chi connectivity index (χ1) is 10.1. The molecule has 0 aliphatic rings. The lowest BCUT2D eigenvalue weighted by Crippen LogP contribution is -1.98. The zero-order chi connectivity index (χ0) is 14.8. The highest BCUT2D eigenvalue weighted by Crippen LogP contribution is 2.25. The second-order valence-corrected chi connectivity index (χ2v) is 4.87. The SMILES string of the molecule is Cc1c[nH]c(C)c1-c1ccnc(Nc2ccc(F)cc2)n1. The molecule has 2 aromatic heterocycles. The molecule has 4 nitrogen and oxygen atoms in total. The first-order valence-corrected chi connectivity index (χ1v) is 6.64. The highest BCUT2D eigenvalue weighted by Gasteiger charge is 2.10. The van der Waals surface area contributed by atoms with Gasteiger partial charge in [0.1, 0.15) is 5.82 Å². The molecule has 0 amide bonds. The van der Waals surface area contributed by atoms with E-state index in [4.69, 9.17) is 0 Å². The van der Waals surface area contributed by atoms with E-state index in [2.05, 4.69) is 20.3 Å². The van der Waals surface area contributed by atoms with Gasteiger partial charge in [0.2, 0.25) is 5.95 Å².